The van der Waals surface area contributed by atoms with Crippen LogP contribution in [-0.2, 0) is 27.9 Å². The first-order chi connectivity index (χ1) is 28.1. The van der Waals surface area contributed by atoms with Gasteiger partial charge in [-0.25, -0.2) is 4.57 Å². The molecule has 0 radical (unpaired) electrons. The topological polar surface area (TPSA) is 91.3 Å². The zero-order valence-electron chi connectivity index (χ0n) is 38.5. The van der Waals surface area contributed by atoms with Crippen molar-refractivity contribution in [2.45, 2.75) is 206 Å². The predicted octanol–water partition coefficient (Wildman–Crippen LogP) is 14.3. The summed E-state index contributed by atoms with van der Waals surface area (Å²) in [7, 11) is 1.66. The minimum Gasteiger partial charge on any atom is -0.457 e. The van der Waals surface area contributed by atoms with Gasteiger partial charge >= 0.3 is 13.8 Å². The molecular weight excluding hydrogens is 746 g/mol. The molecule has 2 unspecified atom stereocenters. The van der Waals surface area contributed by atoms with Crippen LogP contribution in [0.5, 0.6) is 0 Å². The zero-order chi connectivity index (χ0) is 42.7. The van der Waals surface area contributed by atoms with E-state index in [1.54, 1.807) is 0 Å². The Morgan fingerprint density at radius 2 is 1.00 bits per heavy atom. The molecule has 0 aliphatic carbocycles. The molecule has 8 nitrogen and oxygen atoms in total. The molecule has 0 saturated carbocycles. The van der Waals surface area contributed by atoms with Crippen LogP contribution in [0.1, 0.15) is 200 Å². The minimum absolute atomic E-state index is 0.0873. The van der Waals surface area contributed by atoms with Gasteiger partial charge in [0.25, 0.3) is 0 Å². The molecule has 1 N–H and O–H groups in total. The van der Waals surface area contributed by atoms with Crippen molar-refractivity contribution in [2.75, 3.05) is 54.1 Å². The van der Waals surface area contributed by atoms with Crippen molar-refractivity contribution >= 4 is 13.8 Å². The number of phosphoric acid groups is 1. The molecule has 0 heterocycles. The number of esters is 1. The van der Waals surface area contributed by atoms with E-state index in [1.807, 2.05) is 21.1 Å². The number of allylic oxidation sites excluding steroid dienone is 8. The Labute approximate surface area is 358 Å². The third kappa shape index (κ3) is 45.5. The maximum atomic E-state index is 12.7. The van der Waals surface area contributed by atoms with Crippen LogP contribution in [0.25, 0.3) is 0 Å². The molecule has 340 valence electrons. The number of likely N-dealkylation sites (N-methyl/N-ethyl adjacent to an activating group) is 1. The average molecular weight is 839 g/mol. The number of rotatable bonds is 44. The van der Waals surface area contributed by atoms with E-state index < -0.39 is 13.9 Å². The highest BCUT2D eigenvalue weighted by atomic mass is 31.2. The second-order valence-electron chi connectivity index (χ2n) is 17.1. The van der Waals surface area contributed by atoms with E-state index in [4.69, 9.17) is 18.5 Å². The molecule has 0 aromatic heterocycles. The van der Waals surface area contributed by atoms with Crippen molar-refractivity contribution in [1.29, 1.82) is 0 Å². The number of unbranched alkanes of at least 4 members (excludes halogenated alkanes) is 22. The number of ether oxygens (including phenoxy) is 2. The standard InChI is InChI=1S/C49H92NO7P/c1-6-8-10-12-14-16-18-20-22-23-24-25-26-27-28-29-31-33-35-37-39-41-44-54-46-48(47-56-58(52,53)55-45-43-50(3,4)5)57-49(51)42-40-38-36-34-32-30-21-19-17-15-13-11-9-7-2/h8,10,14,16,20,22,24-25,48H,6-7,9,11-13,15,17-19,21,23,26-47H2,1-5H3/p+1/b10-8-,16-14-,22-20-,25-24-. The van der Waals surface area contributed by atoms with Crippen LogP contribution in [0.4, 0.5) is 0 Å². The molecule has 0 aromatic rings. The third-order valence-electron chi connectivity index (χ3n) is 10.2. The summed E-state index contributed by atoms with van der Waals surface area (Å²) >= 11 is 0. The first-order valence-corrected chi connectivity index (χ1v) is 25.4. The SMILES string of the molecule is CC/C=C\C/C=C\C/C=C\C/C=C\CCCCCCCCCCCOCC(COP(=O)(O)OCC[N+](C)(C)C)OC(=O)CCCCCCCCCCCCCCCC. The lowest BCUT2D eigenvalue weighted by atomic mass is 10.0. The smallest absolute Gasteiger partial charge is 0.457 e. The second-order valence-corrected chi connectivity index (χ2v) is 18.6. The van der Waals surface area contributed by atoms with Crippen LogP contribution < -0.4 is 0 Å². The van der Waals surface area contributed by atoms with Crippen molar-refractivity contribution in [3.63, 3.8) is 0 Å². The minimum atomic E-state index is -4.28. The summed E-state index contributed by atoms with van der Waals surface area (Å²) in [6, 6.07) is 0. The molecule has 0 spiro atoms. The average Bonchev–Trinajstić information content (AvgIpc) is 3.18. The van der Waals surface area contributed by atoms with E-state index in [9.17, 15) is 14.3 Å². The first-order valence-electron chi connectivity index (χ1n) is 23.9. The highest BCUT2D eigenvalue weighted by Gasteiger charge is 2.26. The van der Waals surface area contributed by atoms with Crippen LogP contribution in [0.15, 0.2) is 48.6 Å². The molecule has 0 aromatic carbocycles. The van der Waals surface area contributed by atoms with Crippen LogP contribution in [0, 0.1) is 0 Å². The Bertz CT molecular complexity index is 1070. The molecule has 0 aliphatic rings. The van der Waals surface area contributed by atoms with Crippen molar-refractivity contribution in [3.05, 3.63) is 48.6 Å². The predicted molar refractivity (Wildman–Crippen MR) is 247 cm³/mol. The van der Waals surface area contributed by atoms with Crippen molar-refractivity contribution in [1.82, 2.24) is 0 Å². The molecule has 9 heteroatoms. The van der Waals surface area contributed by atoms with Gasteiger partial charge in [-0.15, -0.1) is 0 Å². The lowest BCUT2D eigenvalue weighted by Crippen LogP contribution is -2.37. The van der Waals surface area contributed by atoms with Crippen molar-refractivity contribution < 1.29 is 37.3 Å². The van der Waals surface area contributed by atoms with Gasteiger partial charge in [0, 0.05) is 13.0 Å². The number of phosphoric ester groups is 1. The van der Waals surface area contributed by atoms with Gasteiger partial charge < -0.3 is 18.9 Å². The number of hydrogen-bond acceptors (Lipinski definition) is 6. The Kier molecular flexibility index (Phi) is 41.0. The van der Waals surface area contributed by atoms with Crippen molar-refractivity contribution in [2.24, 2.45) is 0 Å². The molecule has 58 heavy (non-hydrogen) atoms. The van der Waals surface area contributed by atoms with E-state index in [2.05, 4.69) is 62.5 Å². The summed E-state index contributed by atoms with van der Waals surface area (Å²) in [6.07, 6.45) is 51.4. The molecule has 0 saturated heterocycles. The molecule has 2 atom stereocenters. The summed E-state index contributed by atoms with van der Waals surface area (Å²) in [5.41, 5.74) is 0. The lowest BCUT2D eigenvalue weighted by molar-refractivity contribution is -0.870. The fourth-order valence-electron chi connectivity index (χ4n) is 6.49. The van der Waals surface area contributed by atoms with Crippen LogP contribution >= 0.6 is 7.82 Å². The molecule has 0 amide bonds. The fourth-order valence-corrected chi connectivity index (χ4v) is 7.23. The molecule has 0 bridgehead atoms. The van der Waals surface area contributed by atoms with Gasteiger partial charge in [0.15, 0.2) is 0 Å². The maximum Gasteiger partial charge on any atom is 0.472 e. The number of carbonyl (C=O) groups excluding carboxylic acids is 1. The van der Waals surface area contributed by atoms with E-state index >= 15 is 0 Å². The summed E-state index contributed by atoms with van der Waals surface area (Å²) < 4.78 is 35.1. The van der Waals surface area contributed by atoms with Gasteiger partial charge in [-0.2, -0.15) is 0 Å². The van der Waals surface area contributed by atoms with Gasteiger partial charge in [0.2, 0.25) is 0 Å². The van der Waals surface area contributed by atoms with Gasteiger partial charge in [0.1, 0.15) is 19.3 Å². The summed E-state index contributed by atoms with van der Waals surface area (Å²) in [6.45, 7) is 5.51. The number of quaternary nitrogens is 1. The van der Waals surface area contributed by atoms with Gasteiger partial charge in [-0.3, -0.25) is 13.8 Å². The first kappa shape index (κ1) is 56.5. The van der Waals surface area contributed by atoms with E-state index in [0.29, 0.717) is 24.1 Å². The largest absolute Gasteiger partial charge is 0.472 e. The van der Waals surface area contributed by atoms with Crippen LogP contribution in [0.3, 0.4) is 0 Å². The van der Waals surface area contributed by atoms with Gasteiger partial charge in [-0.1, -0.05) is 191 Å². The monoisotopic (exact) mass is 839 g/mol. The number of hydrogen-bond donors (Lipinski definition) is 1. The molecule has 0 fully saturated rings. The normalized spacial score (nSPS) is 14.1. The van der Waals surface area contributed by atoms with E-state index in [0.717, 1.165) is 57.8 Å². The molecule has 0 aliphatic heterocycles. The fraction of sp³-hybridized carbons (Fsp3) is 0.816. The highest BCUT2D eigenvalue weighted by molar-refractivity contribution is 7.47. The maximum absolute atomic E-state index is 12.7. The quantitative estimate of drug-likeness (QED) is 0.0215. The van der Waals surface area contributed by atoms with Crippen molar-refractivity contribution in [3.8, 4) is 0 Å². The third-order valence-corrected chi connectivity index (χ3v) is 11.1. The van der Waals surface area contributed by atoms with Crippen LogP contribution in [-0.4, -0.2) is 75.6 Å². The lowest BCUT2D eigenvalue weighted by Gasteiger charge is -2.24. The van der Waals surface area contributed by atoms with Gasteiger partial charge in [0.05, 0.1) is 34.4 Å². The summed E-state index contributed by atoms with van der Waals surface area (Å²) in [5, 5.41) is 0. The highest BCUT2D eigenvalue weighted by Crippen LogP contribution is 2.43. The Morgan fingerprint density at radius 1 is 0.552 bits per heavy atom. The number of nitrogens with zero attached hydrogens (tertiary/aromatic N) is 1. The van der Waals surface area contributed by atoms with E-state index in [-0.39, 0.29) is 25.8 Å². The Hall–Kier alpha value is -1.54. The zero-order valence-corrected chi connectivity index (χ0v) is 39.4. The Morgan fingerprint density at radius 3 is 1.50 bits per heavy atom. The molecular formula is C49H93NO7P+. The Balaban J connectivity index is 4.16. The van der Waals surface area contributed by atoms with E-state index in [1.165, 1.54) is 122 Å². The summed E-state index contributed by atoms with van der Waals surface area (Å²) in [5.74, 6) is -0.315. The summed E-state index contributed by atoms with van der Waals surface area (Å²) in [4.78, 5) is 22.9. The number of carbonyl (C=O) groups is 1. The van der Waals surface area contributed by atoms with Gasteiger partial charge in [-0.05, 0) is 51.4 Å². The molecule has 0 rings (SSSR count). The second kappa shape index (κ2) is 42.2. The van der Waals surface area contributed by atoms with Crippen LogP contribution in [0.2, 0.25) is 0 Å².